The van der Waals surface area contributed by atoms with Crippen LogP contribution in [0, 0.1) is 0 Å². The lowest BCUT2D eigenvalue weighted by Gasteiger charge is -2.16. The van der Waals surface area contributed by atoms with Crippen LogP contribution in [0.25, 0.3) is 0 Å². The highest BCUT2D eigenvalue weighted by atomic mass is 16.5. The summed E-state index contributed by atoms with van der Waals surface area (Å²) in [6.07, 6.45) is 1.63. The minimum atomic E-state index is -0.254. The van der Waals surface area contributed by atoms with Crippen molar-refractivity contribution in [1.29, 1.82) is 0 Å². The van der Waals surface area contributed by atoms with Crippen LogP contribution in [0.15, 0.2) is 72.9 Å². The summed E-state index contributed by atoms with van der Waals surface area (Å²) in [5.74, 6) is 0.518. The van der Waals surface area contributed by atoms with Crippen molar-refractivity contribution in [3.05, 3.63) is 84.2 Å². The molecular weight excluding hydrogens is 338 g/mol. The van der Waals surface area contributed by atoms with E-state index in [9.17, 15) is 4.79 Å². The van der Waals surface area contributed by atoms with Gasteiger partial charge in [-0.3, -0.25) is 9.78 Å². The molecular formula is C22H23N3O2. The summed E-state index contributed by atoms with van der Waals surface area (Å²) >= 11 is 0. The molecule has 0 aliphatic rings. The third-order valence-electron chi connectivity index (χ3n) is 4.10. The number of nitrogens with one attached hydrogen (secondary N) is 2. The van der Waals surface area contributed by atoms with E-state index in [0.29, 0.717) is 18.0 Å². The van der Waals surface area contributed by atoms with Crippen molar-refractivity contribution in [3.8, 4) is 5.75 Å². The second-order valence-electron chi connectivity index (χ2n) is 6.12. The van der Waals surface area contributed by atoms with Crippen molar-refractivity contribution in [1.82, 2.24) is 4.98 Å². The molecule has 138 valence electrons. The van der Waals surface area contributed by atoms with E-state index in [2.05, 4.69) is 34.7 Å². The van der Waals surface area contributed by atoms with E-state index < -0.39 is 0 Å². The number of benzene rings is 2. The average Bonchev–Trinajstić information content (AvgIpc) is 2.70. The summed E-state index contributed by atoms with van der Waals surface area (Å²) in [5, 5.41) is 6.26. The van der Waals surface area contributed by atoms with Crippen LogP contribution in [0.3, 0.4) is 0 Å². The van der Waals surface area contributed by atoms with Gasteiger partial charge in [0.1, 0.15) is 11.4 Å². The molecule has 1 amide bonds. The van der Waals surface area contributed by atoms with Crippen molar-refractivity contribution < 1.29 is 9.53 Å². The number of pyridine rings is 1. The number of anilines is 2. The molecule has 2 aromatic carbocycles. The van der Waals surface area contributed by atoms with Crippen molar-refractivity contribution in [3.63, 3.8) is 0 Å². The molecule has 0 aliphatic carbocycles. The maximum atomic E-state index is 12.5. The minimum Gasteiger partial charge on any atom is -0.494 e. The number of hydrogen-bond donors (Lipinski definition) is 2. The lowest BCUT2D eigenvalue weighted by molar-refractivity contribution is 0.102. The molecule has 0 radical (unpaired) electrons. The van der Waals surface area contributed by atoms with Gasteiger partial charge in [-0.15, -0.1) is 0 Å². The summed E-state index contributed by atoms with van der Waals surface area (Å²) in [5.41, 5.74) is 3.07. The molecule has 3 rings (SSSR count). The van der Waals surface area contributed by atoms with Gasteiger partial charge in [-0.2, -0.15) is 0 Å². The average molecular weight is 361 g/mol. The Balaban J connectivity index is 1.66. The Morgan fingerprint density at radius 1 is 1.04 bits per heavy atom. The largest absolute Gasteiger partial charge is 0.494 e. The summed E-state index contributed by atoms with van der Waals surface area (Å²) in [6.45, 7) is 4.62. The molecule has 0 aliphatic heterocycles. The van der Waals surface area contributed by atoms with Crippen molar-refractivity contribution in [2.24, 2.45) is 0 Å². The number of carbonyl (C=O) groups is 1. The van der Waals surface area contributed by atoms with Gasteiger partial charge < -0.3 is 15.4 Å². The van der Waals surface area contributed by atoms with E-state index in [1.165, 1.54) is 5.56 Å². The van der Waals surface area contributed by atoms with E-state index in [-0.39, 0.29) is 11.9 Å². The first-order valence-electron chi connectivity index (χ1n) is 8.97. The predicted octanol–water partition coefficient (Wildman–Crippen LogP) is 4.91. The molecule has 2 N–H and O–H groups in total. The number of hydrogen-bond acceptors (Lipinski definition) is 4. The van der Waals surface area contributed by atoms with E-state index in [1.54, 1.807) is 12.3 Å². The molecule has 0 spiro atoms. The molecule has 1 unspecified atom stereocenters. The number of carbonyl (C=O) groups excluding carboxylic acids is 1. The Hall–Kier alpha value is -3.34. The molecule has 1 aromatic heterocycles. The topological polar surface area (TPSA) is 63.2 Å². The molecule has 0 saturated heterocycles. The highest BCUT2D eigenvalue weighted by Crippen LogP contribution is 2.20. The molecule has 27 heavy (non-hydrogen) atoms. The first-order chi connectivity index (χ1) is 13.2. The SMILES string of the molecule is CCOc1ccc(NC(=O)c2cc(NC(C)c3ccccc3)ccn2)cc1. The second kappa shape index (κ2) is 8.85. The quantitative estimate of drug-likeness (QED) is 0.628. The maximum absolute atomic E-state index is 12.5. The van der Waals surface area contributed by atoms with E-state index in [0.717, 1.165) is 11.4 Å². The van der Waals surface area contributed by atoms with Gasteiger partial charge in [0.2, 0.25) is 0 Å². The summed E-state index contributed by atoms with van der Waals surface area (Å²) < 4.78 is 5.41. The summed E-state index contributed by atoms with van der Waals surface area (Å²) in [7, 11) is 0. The second-order valence-corrected chi connectivity index (χ2v) is 6.12. The zero-order chi connectivity index (χ0) is 19.1. The van der Waals surface area contributed by atoms with Crippen molar-refractivity contribution in [2.45, 2.75) is 19.9 Å². The fourth-order valence-corrected chi connectivity index (χ4v) is 2.72. The highest BCUT2D eigenvalue weighted by molar-refractivity contribution is 6.03. The third kappa shape index (κ3) is 5.07. The number of ether oxygens (including phenoxy) is 1. The lowest BCUT2D eigenvalue weighted by Crippen LogP contribution is -2.14. The zero-order valence-corrected chi connectivity index (χ0v) is 15.5. The fraction of sp³-hybridized carbons (Fsp3) is 0.182. The predicted molar refractivity (Wildman–Crippen MR) is 108 cm³/mol. The molecule has 1 heterocycles. The van der Waals surface area contributed by atoms with Gasteiger partial charge in [0, 0.05) is 23.6 Å². The van der Waals surface area contributed by atoms with Crippen LogP contribution in [0.5, 0.6) is 5.75 Å². The Kier molecular flexibility index (Phi) is 6.05. The molecule has 0 saturated carbocycles. The van der Waals surface area contributed by atoms with Crippen molar-refractivity contribution in [2.75, 3.05) is 17.2 Å². The van der Waals surface area contributed by atoms with Gasteiger partial charge in [0.25, 0.3) is 5.91 Å². The number of amides is 1. The molecule has 3 aromatic rings. The summed E-state index contributed by atoms with van der Waals surface area (Å²) in [6, 6.07) is 21.1. The third-order valence-corrected chi connectivity index (χ3v) is 4.10. The van der Waals surface area contributed by atoms with E-state index in [4.69, 9.17) is 4.74 Å². The minimum absolute atomic E-state index is 0.121. The van der Waals surface area contributed by atoms with Gasteiger partial charge >= 0.3 is 0 Å². The lowest BCUT2D eigenvalue weighted by atomic mass is 10.1. The number of nitrogens with zero attached hydrogens (tertiary/aromatic N) is 1. The van der Waals surface area contributed by atoms with Crippen LogP contribution in [-0.2, 0) is 0 Å². The van der Waals surface area contributed by atoms with Crippen LogP contribution in [0.2, 0.25) is 0 Å². The van der Waals surface area contributed by atoms with Gasteiger partial charge in [-0.1, -0.05) is 30.3 Å². The van der Waals surface area contributed by atoms with Crippen LogP contribution in [-0.4, -0.2) is 17.5 Å². The monoisotopic (exact) mass is 361 g/mol. The van der Waals surface area contributed by atoms with E-state index >= 15 is 0 Å². The van der Waals surface area contributed by atoms with Crippen molar-refractivity contribution >= 4 is 17.3 Å². The molecule has 0 bridgehead atoms. The number of aromatic nitrogens is 1. The molecule has 5 nitrogen and oxygen atoms in total. The smallest absolute Gasteiger partial charge is 0.274 e. The molecule has 5 heteroatoms. The fourth-order valence-electron chi connectivity index (χ4n) is 2.72. The van der Waals surface area contributed by atoms with Crippen LogP contribution in [0.4, 0.5) is 11.4 Å². The molecule has 1 atom stereocenters. The summed E-state index contributed by atoms with van der Waals surface area (Å²) in [4.78, 5) is 16.7. The van der Waals surface area contributed by atoms with Gasteiger partial charge in [0.15, 0.2) is 0 Å². The van der Waals surface area contributed by atoms with Gasteiger partial charge in [0.05, 0.1) is 6.61 Å². The van der Waals surface area contributed by atoms with Gasteiger partial charge in [-0.25, -0.2) is 0 Å². The Morgan fingerprint density at radius 2 is 1.78 bits per heavy atom. The maximum Gasteiger partial charge on any atom is 0.274 e. The normalized spacial score (nSPS) is 11.5. The zero-order valence-electron chi connectivity index (χ0n) is 15.5. The number of rotatable bonds is 7. The van der Waals surface area contributed by atoms with E-state index in [1.807, 2.05) is 55.5 Å². The molecule has 0 fully saturated rings. The standard InChI is InChI=1S/C22H23N3O2/c1-3-27-20-11-9-18(10-12-20)25-22(26)21-15-19(13-14-23-21)24-16(2)17-7-5-4-6-8-17/h4-16H,3H2,1-2H3,(H,23,24)(H,25,26). The highest BCUT2D eigenvalue weighted by Gasteiger charge is 2.10. The van der Waals surface area contributed by atoms with Crippen LogP contribution < -0.4 is 15.4 Å². The van der Waals surface area contributed by atoms with Crippen LogP contribution in [0.1, 0.15) is 35.9 Å². The van der Waals surface area contributed by atoms with Crippen LogP contribution >= 0.6 is 0 Å². The first-order valence-corrected chi connectivity index (χ1v) is 8.97. The Bertz CT molecular complexity index is 880. The first kappa shape index (κ1) is 18.5. The van der Waals surface area contributed by atoms with Gasteiger partial charge in [-0.05, 0) is 55.8 Å². The Labute approximate surface area is 159 Å². The Morgan fingerprint density at radius 3 is 2.48 bits per heavy atom.